The van der Waals surface area contributed by atoms with E-state index in [2.05, 4.69) is 9.97 Å². The number of likely N-dealkylation sites (tertiary alicyclic amines) is 1. The van der Waals surface area contributed by atoms with E-state index in [-0.39, 0.29) is 29.6 Å². The molecule has 0 bridgehead atoms. The van der Waals surface area contributed by atoms with Gasteiger partial charge in [0.2, 0.25) is 5.95 Å². The highest BCUT2D eigenvalue weighted by atomic mass is 16.5. The lowest BCUT2D eigenvalue weighted by atomic mass is 9.79. The first kappa shape index (κ1) is 16.7. The van der Waals surface area contributed by atoms with Crippen LogP contribution in [0.5, 0.6) is 0 Å². The molecular formula is C18H26N4O3. The summed E-state index contributed by atoms with van der Waals surface area (Å²) >= 11 is 0. The lowest BCUT2D eigenvalue weighted by molar-refractivity contribution is -0.0825. The van der Waals surface area contributed by atoms with Gasteiger partial charge in [-0.25, -0.2) is 9.97 Å². The van der Waals surface area contributed by atoms with Crippen molar-refractivity contribution in [3.05, 3.63) is 17.0 Å². The first-order chi connectivity index (χ1) is 12.0. The fourth-order valence-corrected chi connectivity index (χ4v) is 4.85. The van der Waals surface area contributed by atoms with Crippen molar-refractivity contribution in [1.82, 2.24) is 14.9 Å². The average Bonchev–Trinajstić information content (AvgIpc) is 2.99. The Labute approximate surface area is 147 Å². The van der Waals surface area contributed by atoms with Gasteiger partial charge in [-0.2, -0.15) is 0 Å². The van der Waals surface area contributed by atoms with E-state index < -0.39 is 0 Å². The van der Waals surface area contributed by atoms with Crippen LogP contribution in [0.4, 0.5) is 5.95 Å². The minimum atomic E-state index is -0.383. The molecule has 0 aromatic carbocycles. The molecule has 1 aromatic rings. The maximum Gasteiger partial charge on any atom is 0.273 e. The Hall–Kier alpha value is -1.73. The summed E-state index contributed by atoms with van der Waals surface area (Å²) in [6.45, 7) is 0.628. The smallest absolute Gasteiger partial charge is 0.273 e. The van der Waals surface area contributed by atoms with Gasteiger partial charge in [0.1, 0.15) is 5.69 Å². The van der Waals surface area contributed by atoms with E-state index in [1.807, 2.05) is 4.90 Å². The molecule has 1 amide bonds. The first-order valence-electron chi connectivity index (χ1n) is 9.23. The monoisotopic (exact) mass is 346 g/mol. The summed E-state index contributed by atoms with van der Waals surface area (Å²) in [7, 11) is 1.71. The molecule has 2 heterocycles. The molecule has 2 aliphatic carbocycles. The van der Waals surface area contributed by atoms with Gasteiger partial charge in [0.25, 0.3) is 5.91 Å². The minimum Gasteiger partial charge on any atom is -0.393 e. The van der Waals surface area contributed by atoms with E-state index >= 15 is 0 Å². The summed E-state index contributed by atoms with van der Waals surface area (Å²) in [6.07, 6.45) is 6.28. The minimum absolute atomic E-state index is 0.0923. The highest BCUT2D eigenvalue weighted by Gasteiger charge is 2.52. The third-order valence-corrected chi connectivity index (χ3v) is 6.23. The number of aryl methyl sites for hydroxylation is 1. The Morgan fingerprint density at radius 1 is 1.32 bits per heavy atom. The van der Waals surface area contributed by atoms with Crippen LogP contribution >= 0.6 is 0 Å². The zero-order valence-electron chi connectivity index (χ0n) is 14.7. The number of fused-ring (bicyclic) bond motifs is 2. The van der Waals surface area contributed by atoms with Crippen LogP contribution in [0.3, 0.4) is 0 Å². The van der Waals surface area contributed by atoms with E-state index in [0.717, 1.165) is 56.2 Å². The molecule has 4 rings (SSSR count). The van der Waals surface area contributed by atoms with Crippen LogP contribution in [0.25, 0.3) is 0 Å². The predicted molar refractivity (Wildman–Crippen MR) is 92.1 cm³/mol. The molecule has 0 spiro atoms. The third-order valence-electron chi connectivity index (χ3n) is 6.23. The summed E-state index contributed by atoms with van der Waals surface area (Å²) in [5, 5.41) is 10.1. The Bertz CT molecular complexity index is 695. The van der Waals surface area contributed by atoms with Crippen molar-refractivity contribution in [2.45, 2.75) is 69.1 Å². The van der Waals surface area contributed by atoms with Crippen molar-refractivity contribution in [2.75, 3.05) is 19.4 Å². The summed E-state index contributed by atoms with van der Waals surface area (Å²) < 4.78 is 5.84. The Kier molecular flexibility index (Phi) is 4.16. The number of aliphatic hydroxyl groups is 1. The first-order valence-corrected chi connectivity index (χ1v) is 9.23. The van der Waals surface area contributed by atoms with Gasteiger partial charge in [0.05, 0.1) is 17.7 Å². The van der Waals surface area contributed by atoms with Crippen LogP contribution < -0.4 is 5.73 Å². The van der Waals surface area contributed by atoms with E-state index in [9.17, 15) is 9.90 Å². The Morgan fingerprint density at radius 3 is 2.92 bits per heavy atom. The van der Waals surface area contributed by atoms with Crippen LogP contribution in [-0.2, 0) is 17.6 Å². The van der Waals surface area contributed by atoms with Crippen molar-refractivity contribution >= 4 is 11.9 Å². The fraction of sp³-hybridized carbons (Fsp3) is 0.722. The number of methoxy groups -OCH3 is 1. The van der Waals surface area contributed by atoms with Gasteiger partial charge in [0, 0.05) is 24.9 Å². The largest absolute Gasteiger partial charge is 0.393 e. The van der Waals surface area contributed by atoms with Crippen molar-refractivity contribution in [2.24, 2.45) is 0 Å². The molecule has 1 saturated heterocycles. The Morgan fingerprint density at radius 2 is 2.12 bits per heavy atom. The fourth-order valence-electron chi connectivity index (χ4n) is 4.85. The number of hydrogen-bond acceptors (Lipinski definition) is 6. The molecule has 1 aliphatic heterocycles. The van der Waals surface area contributed by atoms with E-state index in [1.165, 1.54) is 0 Å². The van der Waals surface area contributed by atoms with Crippen LogP contribution in [0.15, 0.2) is 0 Å². The molecule has 1 saturated carbocycles. The van der Waals surface area contributed by atoms with Gasteiger partial charge in [-0.15, -0.1) is 0 Å². The predicted octanol–water partition coefficient (Wildman–Crippen LogP) is 1.08. The number of hydrogen-bond donors (Lipinski definition) is 2. The lowest BCUT2D eigenvalue weighted by Crippen LogP contribution is -2.53. The Balaban J connectivity index is 1.69. The van der Waals surface area contributed by atoms with Gasteiger partial charge in [0.15, 0.2) is 0 Å². The maximum atomic E-state index is 13.3. The van der Waals surface area contributed by atoms with Crippen LogP contribution in [0, 0.1) is 0 Å². The number of aliphatic hydroxyl groups excluding tert-OH is 1. The second-order valence-corrected chi connectivity index (χ2v) is 7.52. The molecule has 7 heteroatoms. The molecule has 3 atom stereocenters. The second-order valence-electron chi connectivity index (χ2n) is 7.52. The number of anilines is 1. The summed E-state index contributed by atoms with van der Waals surface area (Å²) in [6, 6.07) is -0.107. The molecule has 7 nitrogen and oxygen atoms in total. The number of amides is 1. The number of ether oxygens (including phenoxy) is 1. The van der Waals surface area contributed by atoms with Crippen LogP contribution in [0.2, 0.25) is 0 Å². The van der Waals surface area contributed by atoms with Gasteiger partial charge in [-0.05, 0) is 51.4 Å². The lowest BCUT2D eigenvalue weighted by Gasteiger charge is -2.42. The van der Waals surface area contributed by atoms with Gasteiger partial charge in [-0.1, -0.05) is 0 Å². The molecule has 2 fully saturated rings. The van der Waals surface area contributed by atoms with Crippen molar-refractivity contribution in [3.8, 4) is 0 Å². The van der Waals surface area contributed by atoms with E-state index in [0.29, 0.717) is 18.7 Å². The number of rotatable bonds is 2. The molecule has 136 valence electrons. The quantitative estimate of drug-likeness (QED) is 0.831. The number of nitrogens with zero attached hydrogens (tertiary/aromatic N) is 3. The molecule has 3 aliphatic rings. The molecule has 0 radical (unpaired) electrons. The second kappa shape index (κ2) is 6.21. The standard InChI is InChI=1S/C18H26N4O3/c1-25-18-7-6-11(23)10-14(18)22(9-8-18)16(24)15-12-4-2-3-5-13(12)20-17(19)21-15/h11,14,23H,2-10H2,1H3,(H2,19,20,21)/t11?,14?,18-/m1/s1. The molecular weight excluding hydrogens is 320 g/mol. The maximum absolute atomic E-state index is 13.3. The molecule has 1 aromatic heterocycles. The number of nitrogen functional groups attached to an aromatic ring is 1. The average molecular weight is 346 g/mol. The van der Waals surface area contributed by atoms with Gasteiger partial charge < -0.3 is 20.5 Å². The normalized spacial score (nSPS) is 31.5. The van der Waals surface area contributed by atoms with Gasteiger partial charge >= 0.3 is 0 Å². The van der Waals surface area contributed by atoms with E-state index in [1.54, 1.807) is 7.11 Å². The number of carbonyl (C=O) groups excluding carboxylic acids is 1. The molecule has 3 N–H and O–H groups in total. The number of carbonyl (C=O) groups is 1. The van der Waals surface area contributed by atoms with Crippen molar-refractivity contribution < 1.29 is 14.6 Å². The summed E-state index contributed by atoms with van der Waals surface area (Å²) in [5.41, 5.74) is 7.86. The topological polar surface area (TPSA) is 102 Å². The van der Waals surface area contributed by atoms with E-state index in [4.69, 9.17) is 10.5 Å². The third kappa shape index (κ3) is 2.69. The zero-order chi connectivity index (χ0) is 17.6. The van der Waals surface area contributed by atoms with Crippen molar-refractivity contribution in [1.29, 1.82) is 0 Å². The summed E-state index contributed by atoms with van der Waals surface area (Å²) in [5.74, 6) is 0.0788. The zero-order valence-corrected chi connectivity index (χ0v) is 14.7. The van der Waals surface area contributed by atoms with Gasteiger partial charge in [-0.3, -0.25) is 4.79 Å². The van der Waals surface area contributed by atoms with Crippen molar-refractivity contribution in [3.63, 3.8) is 0 Å². The number of nitrogens with two attached hydrogens (primary N) is 1. The molecule has 25 heavy (non-hydrogen) atoms. The highest BCUT2D eigenvalue weighted by molar-refractivity contribution is 5.95. The van der Waals surface area contributed by atoms with Crippen LogP contribution in [-0.4, -0.2) is 57.3 Å². The highest BCUT2D eigenvalue weighted by Crippen LogP contribution is 2.43. The number of aromatic nitrogens is 2. The molecule has 2 unspecified atom stereocenters. The summed E-state index contributed by atoms with van der Waals surface area (Å²) in [4.78, 5) is 23.8. The van der Waals surface area contributed by atoms with Crippen LogP contribution in [0.1, 0.15) is 60.3 Å². The SMILES string of the molecule is CO[C@@]12CCC(O)CC1N(C(=O)c1nc(N)nc3c1CCCC3)CC2.